The molecule has 0 atom stereocenters. The fraction of sp³-hybridized carbons (Fsp3) is 0.143. The number of nitrogens with one attached hydrogen (secondary N) is 3. The van der Waals surface area contributed by atoms with Crippen LogP contribution in [0.1, 0.15) is 12.5 Å². The van der Waals surface area contributed by atoms with Crippen LogP contribution < -0.4 is 25.2 Å². The number of carbonyl (C=O) groups excluding carboxylic acids is 2. The zero-order chi connectivity index (χ0) is 33.2. The number of ether oxygens (including phenoxy) is 2. The van der Waals surface area contributed by atoms with Crippen LogP contribution in [0.2, 0.25) is 0 Å². The number of dihydropyridines is 1. The number of anilines is 3. The third kappa shape index (κ3) is 8.44. The molecule has 0 radical (unpaired) electrons. The standard InChI is InChI=1S/C35H32F2N6O4/c1-24(3-2-14-43(23-44)29-8-5-27(36)6-9-29)35(45)41-28-7-10-32(30(37)20-28)47-33-19-26(22-39-31(33)12-13-38)25-4-11-34(40-21-25)42-15-17-46-18-16-42/h2-14,19-23,38-39H,15-18H2,1H3,(H,41,45)/b14-2-,24-3+,31-12-,38-13?. The van der Waals surface area contributed by atoms with Crippen molar-refractivity contribution >= 4 is 41.3 Å². The number of morpholine rings is 1. The van der Waals surface area contributed by atoms with Crippen molar-refractivity contribution in [1.82, 2.24) is 10.3 Å². The normalized spacial score (nSPS) is 15.9. The Kier molecular flexibility index (Phi) is 10.7. The zero-order valence-electron chi connectivity index (χ0n) is 25.5. The van der Waals surface area contributed by atoms with Crippen LogP contribution in [0.25, 0.3) is 5.57 Å². The van der Waals surface area contributed by atoms with Gasteiger partial charge in [0.25, 0.3) is 5.91 Å². The van der Waals surface area contributed by atoms with E-state index in [1.54, 1.807) is 25.4 Å². The highest BCUT2D eigenvalue weighted by Gasteiger charge is 2.18. The van der Waals surface area contributed by atoms with Crippen molar-refractivity contribution in [3.63, 3.8) is 0 Å². The van der Waals surface area contributed by atoms with Crippen molar-refractivity contribution in [3.8, 4) is 5.75 Å². The lowest BCUT2D eigenvalue weighted by atomic mass is 10.0. The number of carbonyl (C=O) groups is 2. The van der Waals surface area contributed by atoms with Gasteiger partial charge < -0.3 is 30.4 Å². The van der Waals surface area contributed by atoms with Gasteiger partial charge >= 0.3 is 0 Å². The smallest absolute Gasteiger partial charge is 0.251 e. The Balaban J connectivity index is 1.25. The van der Waals surface area contributed by atoms with Gasteiger partial charge in [-0.15, -0.1) is 0 Å². The maximum atomic E-state index is 15.2. The maximum absolute atomic E-state index is 15.2. The van der Waals surface area contributed by atoms with Crippen molar-refractivity contribution in [2.75, 3.05) is 41.4 Å². The minimum absolute atomic E-state index is 0.0843. The van der Waals surface area contributed by atoms with Crippen LogP contribution in [-0.2, 0) is 14.3 Å². The highest BCUT2D eigenvalue weighted by Crippen LogP contribution is 2.29. The van der Waals surface area contributed by atoms with E-state index in [2.05, 4.69) is 20.5 Å². The molecule has 0 bridgehead atoms. The molecule has 1 fully saturated rings. The van der Waals surface area contributed by atoms with Gasteiger partial charge in [-0.05, 0) is 73.7 Å². The number of amides is 2. The summed E-state index contributed by atoms with van der Waals surface area (Å²) in [5.74, 6) is -0.568. The molecule has 3 aromatic rings. The third-order valence-corrected chi connectivity index (χ3v) is 7.20. The lowest BCUT2D eigenvalue weighted by Crippen LogP contribution is -2.36. The largest absolute Gasteiger partial charge is 0.452 e. The highest BCUT2D eigenvalue weighted by molar-refractivity contribution is 6.03. The summed E-state index contributed by atoms with van der Waals surface area (Å²) in [5.41, 5.74) is 2.97. The summed E-state index contributed by atoms with van der Waals surface area (Å²) >= 11 is 0. The van der Waals surface area contributed by atoms with Crippen molar-refractivity contribution in [2.45, 2.75) is 6.92 Å². The van der Waals surface area contributed by atoms with E-state index in [-0.39, 0.29) is 17.2 Å². The molecule has 1 saturated heterocycles. The van der Waals surface area contributed by atoms with Crippen molar-refractivity contribution < 1.29 is 27.8 Å². The molecule has 47 heavy (non-hydrogen) atoms. The summed E-state index contributed by atoms with van der Waals surface area (Å²) < 4.78 is 39.7. The Morgan fingerprint density at radius 1 is 1.13 bits per heavy atom. The van der Waals surface area contributed by atoms with E-state index in [9.17, 15) is 14.0 Å². The van der Waals surface area contributed by atoms with E-state index in [0.717, 1.165) is 42.3 Å². The minimum atomic E-state index is -0.715. The molecule has 0 aliphatic carbocycles. The number of halogens is 2. The Labute approximate surface area is 270 Å². The Hall–Kier alpha value is -5.88. The fourth-order valence-corrected chi connectivity index (χ4v) is 4.65. The monoisotopic (exact) mass is 638 g/mol. The fourth-order valence-electron chi connectivity index (χ4n) is 4.65. The van der Waals surface area contributed by atoms with Crippen molar-refractivity contribution in [2.24, 2.45) is 0 Å². The van der Waals surface area contributed by atoms with Crippen molar-refractivity contribution in [1.29, 1.82) is 5.41 Å². The van der Waals surface area contributed by atoms with Crippen LogP contribution >= 0.6 is 0 Å². The number of rotatable bonds is 11. The van der Waals surface area contributed by atoms with Gasteiger partial charge in [0.2, 0.25) is 6.41 Å². The van der Waals surface area contributed by atoms with E-state index < -0.39 is 17.5 Å². The first-order valence-corrected chi connectivity index (χ1v) is 14.7. The number of nitrogens with zero attached hydrogens (tertiary/aromatic N) is 3. The summed E-state index contributed by atoms with van der Waals surface area (Å²) in [4.78, 5) is 32.1. The van der Waals surface area contributed by atoms with E-state index in [0.29, 0.717) is 36.6 Å². The molecule has 2 aliphatic rings. The first kappa shape index (κ1) is 32.5. The molecule has 3 N–H and O–H groups in total. The van der Waals surface area contributed by atoms with Gasteiger partial charge in [-0.2, -0.15) is 0 Å². The molecule has 0 spiro atoms. The van der Waals surface area contributed by atoms with Crippen LogP contribution in [0.4, 0.5) is 26.0 Å². The van der Waals surface area contributed by atoms with Gasteiger partial charge in [0, 0.05) is 72.1 Å². The Bertz CT molecular complexity index is 1780. The summed E-state index contributed by atoms with van der Waals surface area (Å²) in [6, 6.07) is 13.3. The first-order valence-electron chi connectivity index (χ1n) is 14.7. The molecule has 1 aromatic heterocycles. The van der Waals surface area contributed by atoms with Crippen LogP contribution in [-0.4, -0.2) is 49.8 Å². The van der Waals surface area contributed by atoms with Gasteiger partial charge in [-0.3, -0.25) is 14.5 Å². The number of hydrogen-bond acceptors (Lipinski definition) is 8. The maximum Gasteiger partial charge on any atom is 0.251 e. The average molecular weight is 639 g/mol. The van der Waals surface area contributed by atoms with Crippen LogP contribution in [0.15, 0.2) is 115 Å². The second kappa shape index (κ2) is 15.4. The van der Waals surface area contributed by atoms with E-state index in [4.69, 9.17) is 14.9 Å². The molecule has 10 nitrogen and oxygen atoms in total. The number of allylic oxidation sites excluding steroid dienone is 5. The molecule has 3 heterocycles. The summed E-state index contributed by atoms with van der Waals surface area (Å²) in [7, 11) is 0. The van der Waals surface area contributed by atoms with Gasteiger partial charge in [0.1, 0.15) is 11.6 Å². The quantitative estimate of drug-likeness (QED) is 0.107. The van der Waals surface area contributed by atoms with Crippen LogP contribution in [0.3, 0.4) is 0 Å². The van der Waals surface area contributed by atoms with Crippen LogP contribution in [0.5, 0.6) is 5.75 Å². The molecule has 240 valence electrons. The van der Waals surface area contributed by atoms with Crippen LogP contribution in [0, 0.1) is 17.0 Å². The predicted octanol–water partition coefficient (Wildman–Crippen LogP) is 5.70. The second-order valence-corrected chi connectivity index (χ2v) is 10.4. The summed E-state index contributed by atoms with van der Waals surface area (Å²) in [5, 5.41) is 13.2. The number of hydrogen-bond donors (Lipinski definition) is 3. The second-order valence-electron chi connectivity index (χ2n) is 10.4. The van der Waals surface area contributed by atoms with Gasteiger partial charge in [-0.25, -0.2) is 13.8 Å². The topological polar surface area (TPSA) is 120 Å². The highest BCUT2D eigenvalue weighted by atomic mass is 19.1. The number of aromatic nitrogens is 1. The average Bonchev–Trinajstić information content (AvgIpc) is 3.09. The molecular weight excluding hydrogens is 606 g/mol. The summed E-state index contributed by atoms with van der Waals surface area (Å²) in [6.45, 7) is 4.43. The first-order chi connectivity index (χ1) is 22.8. The van der Waals surface area contributed by atoms with E-state index in [1.807, 2.05) is 12.1 Å². The zero-order valence-corrected chi connectivity index (χ0v) is 25.5. The van der Waals surface area contributed by atoms with Crippen molar-refractivity contribution in [3.05, 3.63) is 132 Å². The van der Waals surface area contributed by atoms with Gasteiger partial charge in [0.05, 0.1) is 18.9 Å². The van der Waals surface area contributed by atoms with E-state index in [1.165, 1.54) is 65.7 Å². The molecule has 2 amide bonds. The molecule has 2 aliphatic heterocycles. The van der Waals surface area contributed by atoms with Gasteiger partial charge in [-0.1, -0.05) is 6.08 Å². The SMILES string of the molecule is C/C(=C\C=C/N(C=O)c1ccc(F)cc1)C(=O)Nc1ccc(OC2=CC(c3ccc(N4CCOCC4)nc3)=CN/C2=C\C=N)c(F)c1. The number of pyridine rings is 1. The summed E-state index contributed by atoms with van der Waals surface area (Å²) in [6.07, 6.45) is 12.8. The minimum Gasteiger partial charge on any atom is -0.452 e. The lowest BCUT2D eigenvalue weighted by Gasteiger charge is -2.27. The Morgan fingerprint density at radius 2 is 1.91 bits per heavy atom. The lowest BCUT2D eigenvalue weighted by molar-refractivity contribution is -0.112. The third-order valence-electron chi connectivity index (χ3n) is 7.20. The molecule has 0 saturated carbocycles. The Morgan fingerprint density at radius 3 is 2.60 bits per heavy atom. The van der Waals surface area contributed by atoms with E-state index >= 15 is 4.39 Å². The molecule has 0 unspecified atom stereocenters. The molecule has 12 heteroatoms. The van der Waals surface area contributed by atoms with Gasteiger partial charge in [0.15, 0.2) is 17.3 Å². The molecular formula is C35H32F2N6O4. The predicted molar refractivity (Wildman–Crippen MR) is 177 cm³/mol. The molecule has 5 rings (SSSR count). The number of benzene rings is 2. The molecule has 2 aromatic carbocycles.